The Hall–Kier alpha value is 1.78. The second-order valence-electron chi connectivity index (χ2n) is 26.5. The van der Waals surface area contributed by atoms with Crippen LogP contribution in [0.3, 0.4) is 0 Å². The molecule has 0 saturated heterocycles. The molecule has 0 amide bonds. The number of hydrogen-bond donors (Lipinski definition) is 3. The van der Waals surface area contributed by atoms with Crippen LogP contribution in [0.2, 0.25) is 5.28 Å². The van der Waals surface area contributed by atoms with E-state index < -0.39 is 26.8 Å². The third kappa shape index (κ3) is 49.7. The number of benzene rings is 4. The molecule has 12 nitrogen and oxygen atoms in total. The number of phenols is 1. The number of esters is 2. The van der Waals surface area contributed by atoms with Crippen molar-refractivity contribution in [2.24, 2.45) is 11.8 Å². The summed E-state index contributed by atoms with van der Waals surface area (Å²) in [6, 6.07) is 23.0. The van der Waals surface area contributed by atoms with Crippen molar-refractivity contribution >= 4 is 344 Å². The molecule has 0 aliphatic heterocycles. The summed E-state index contributed by atoms with van der Waals surface area (Å²) >= 11 is 16.7. The number of ether oxygens (including phenoxy) is 2. The minimum absolute atomic E-state index is 0. The first kappa shape index (κ1) is 120. The monoisotopic (exact) mass is 2370 g/mol. The number of fused-ring (bicyclic) bond motifs is 2. The fraction of sp³-hybridized carbons (Fsp3) is 0.485. The summed E-state index contributed by atoms with van der Waals surface area (Å²) in [6.45, 7) is 32.8. The van der Waals surface area contributed by atoms with Crippen molar-refractivity contribution in [3.8, 4) is 17.1 Å². The minimum atomic E-state index is -6.09. The molecule has 4 aromatic carbocycles. The van der Waals surface area contributed by atoms with Crippen LogP contribution in [0.25, 0.3) is 33.2 Å². The number of aromatic amines is 2. The van der Waals surface area contributed by atoms with Gasteiger partial charge in [0.2, 0.25) is 0 Å². The van der Waals surface area contributed by atoms with Gasteiger partial charge in [0.05, 0.1) is 11.8 Å². The van der Waals surface area contributed by atoms with Gasteiger partial charge in [0, 0.05) is 357 Å². The van der Waals surface area contributed by atoms with Crippen molar-refractivity contribution in [2.45, 2.75) is 196 Å². The van der Waals surface area contributed by atoms with E-state index in [1.54, 1.807) is 125 Å². The molecule has 3 aromatic heterocycles. The average molecular weight is 2370 g/mol. The number of nitrogens with zero attached hydrogens (tertiary/aromatic N) is 2. The van der Waals surface area contributed by atoms with Gasteiger partial charge in [-0.2, -0.15) is 22.3 Å². The third-order valence-corrected chi connectivity index (χ3v) is 79.8. The maximum atomic E-state index is 13.3. The van der Waals surface area contributed by atoms with Crippen molar-refractivity contribution in [3.05, 3.63) is 149 Å². The van der Waals surface area contributed by atoms with E-state index in [0.717, 1.165) is 38.2 Å². The molecule has 8 rings (SSSR count). The van der Waals surface area contributed by atoms with Gasteiger partial charge in [-0.15, -0.1) is 0 Å². The first-order valence-electron chi connectivity index (χ1n) is 33.7. The van der Waals surface area contributed by atoms with Crippen LogP contribution in [0.15, 0.2) is 97.6 Å². The molecule has 1 aliphatic carbocycles. The number of para-hydroxylation sites is 2. The number of carbonyl (C=O) groups excluding carboxylic acids is 2. The number of nitrogens with one attached hydrogen (secondary N) is 2. The second kappa shape index (κ2) is 66.2. The van der Waals surface area contributed by atoms with Crippen LogP contribution in [0.5, 0.6) is 5.75 Å². The SMILES string of the molecule is C1CCCC1.CC(C)c1cccc(C(C)C)c1-n1cc[n+](-c2c(C(C)C)cccc2C(C)C)c1Cl.CC(Cc1c[nH]c2ccc(O)cc12)C(=O)OC(C)(C)C.CC(Cc1c[nH]c2ccc([18F])cc12)C(=O)OC(C)(C)C.O=S(=O)([O-])C(F)(F)F.S=S=S=S=S=S=S=S=S=S=S=S=S=S=S=S=S=S=S=S=S=S=S=S=S=S=S=S=S=S=S=S.[CH3-].[Cl-].[Ru+]. The van der Waals surface area contributed by atoms with Gasteiger partial charge in [-0.05, 0) is 126 Å². The van der Waals surface area contributed by atoms with E-state index in [2.05, 4.69) is 123 Å². The Labute approximate surface area is 811 Å². The Balaban J connectivity index is 0.00000147. The maximum absolute atomic E-state index is 13.3. The summed E-state index contributed by atoms with van der Waals surface area (Å²) in [6.07, 6.45) is 16.6. The van der Waals surface area contributed by atoms with Gasteiger partial charge in [0.25, 0.3) is 0 Å². The van der Waals surface area contributed by atoms with E-state index in [1.165, 1.54) is 95.6 Å². The van der Waals surface area contributed by atoms with Crippen molar-refractivity contribution < 1.29 is 91.2 Å². The zero-order valence-electron chi connectivity index (χ0n) is 65.9. The standard InChI is InChI=1S/C27H36ClN2.C16H20FNO2.C16H21NO3.C5H10.CHF3O3S.CH3.ClH.Ru.S32/c1-17(2)21-11-9-12-22(18(3)4)25(21)29-15-16-30(27(29)28)26-23(19(5)6)13-10-14-24(26)20(7)8;1-10(15(19)20-16(2,3)4)7-11-9-18-14-6-5-12(17)8-13(11)14;1-10(15(19)20-16(2,3)4)7-11-9-17-14-6-5-12(18)8-13(11)14;1-2-4-5-3-1;2-1(3,4)8(5,6)7;;;;1-3-5-7-9-11-13-15-17-19-21-23-25-27-29-31-32-30-28-26-24-22-20-18-16-14-12-10-8-6-4-2/h9-20H,1-8H3;5-6,8-10,18H,7H2,1-4H3;5-6,8-10,17-18H,7H2,1-4H3;1-5H2;(H,5,6,7);1H3;1H;;/q+1;;;;;-1;;+1;/p-2/i;17-1;;;;;;;. The van der Waals surface area contributed by atoms with Crippen molar-refractivity contribution in [3.63, 3.8) is 0 Å². The van der Waals surface area contributed by atoms with Crippen LogP contribution < -0.4 is 17.0 Å². The van der Waals surface area contributed by atoms with Gasteiger partial charge in [-0.25, -0.2) is 12.8 Å². The van der Waals surface area contributed by atoms with Gasteiger partial charge >= 0.3 is 42.2 Å². The molecule has 2 unspecified atom stereocenters. The van der Waals surface area contributed by atoms with E-state index in [0.29, 0.717) is 36.5 Å². The van der Waals surface area contributed by atoms with Gasteiger partial charge in [0.15, 0.2) is 10.1 Å². The predicted molar refractivity (Wildman–Crippen MR) is 565 cm³/mol. The quantitative estimate of drug-likeness (QED) is 0.0203. The van der Waals surface area contributed by atoms with Crippen molar-refractivity contribution in [1.82, 2.24) is 14.5 Å². The maximum Gasteiger partial charge on any atom is 1.00 e. The normalized spacial score (nSPS) is 11.6. The Morgan fingerprint density at radius 2 is 0.814 bits per heavy atom. The average Bonchev–Trinajstić information content (AvgIpc) is 1.58. The van der Waals surface area contributed by atoms with Crippen LogP contribution in [-0.2, 0) is 350 Å². The van der Waals surface area contributed by atoms with Gasteiger partial charge < -0.3 is 48.9 Å². The van der Waals surface area contributed by atoms with E-state index >= 15 is 0 Å². The molecule has 1 fully saturated rings. The Kier molecular flexibility index (Phi) is 67.2. The van der Waals surface area contributed by atoms with Crippen LogP contribution in [0, 0.1) is 25.1 Å². The van der Waals surface area contributed by atoms with Crippen LogP contribution in [0.4, 0.5) is 17.6 Å². The minimum Gasteiger partial charge on any atom is -1.00 e. The molecule has 671 valence electrons. The molecular formula is C66H90Cl2F4N4O8RuS33-. The van der Waals surface area contributed by atoms with E-state index in [1.807, 2.05) is 216 Å². The zero-order valence-corrected chi connectivity index (χ0v) is 96.1. The number of carbonyl (C=O) groups is 2. The Bertz CT molecular complexity index is 5740. The first-order valence-corrected chi connectivity index (χ1v) is 76.8. The number of halogens is 6. The molecule has 3 heterocycles. The molecule has 118 heavy (non-hydrogen) atoms. The molecule has 2 atom stereocenters. The van der Waals surface area contributed by atoms with E-state index in [-0.39, 0.29) is 74.7 Å². The Morgan fingerprint density at radius 3 is 1.10 bits per heavy atom. The topological polar surface area (TPSA) is 170 Å². The van der Waals surface area contributed by atoms with Gasteiger partial charge in [0.1, 0.15) is 46.5 Å². The molecule has 1 radical (unpaired) electrons. The second-order valence-corrected chi connectivity index (χ2v) is 81.3. The van der Waals surface area contributed by atoms with Gasteiger partial charge in [-0.3, -0.25) is 9.59 Å². The molecule has 0 spiro atoms. The largest absolute Gasteiger partial charge is 1.00 e. The summed E-state index contributed by atoms with van der Waals surface area (Å²) in [4.78, 5) is 30.2. The number of rotatable bonds is 12. The fourth-order valence-electron chi connectivity index (χ4n) is 9.77. The number of aromatic nitrogens is 4. The van der Waals surface area contributed by atoms with Crippen LogP contribution in [-0.4, -0.2) is 61.3 Å². The number of imidazole rings is 1. The molecule has 52 heteroatoms. The number of H-pyrrole nitrogens is 2. The predicted octanol–water partition coefficient (Wildman–Crippen LogP) is 14.5. The van der Waals surface area contributed by atoms with Crippen molar-refractivity contribution in [2.75, 3.05) is 0 Å². The summed E-state index contributed by atoms with van der Waals surface area (Å²) in [5, 5.41) is 12.1. The summed E-state index contributed by atoms with van der Waals surface area (Å²) in [7, 11) is 46.7. The van der Waals surface area contributed by atoms with Crippen molar-refractivity contribution in [1.29, 1.82) is 0 Å². The third-order valence-electron chi connectivity index (χ3n) is 14.4. The number of alkyl halides is 3. The van der Waals surface area contributed by atoms with Crippen LogP contribution in [0.1, 0.15) is 200 Å². The molecular weight excluding hydrogens is 2280 g/mol. The smallest absolute Gasteiger partial charge is 1.00 e. The van der Waals surface area contributed by atoms with E-state index in [4.69, 9.17) is 56.4 Å². The molecule has 0 bridgehead atoms. The summed E-state index contributed by atoms with van der Waals surface area (Å²) in [5.74, 6) is 0.688. The van der Waals surface area contributed by atoms with E-state index in [9.17, 15) is 32.3 Å². The molecule has 1 aliphatic rings. The Morgan fingerprint density at radius 1 is 0.525 bits per heavy atom. The zero-order chi connectivity index (χ0) is 85.7. The number of hydrogen-bond acceptors (Lipinski definition) is 10. The van der Waals surface area contributed by atoms with Crippen LogP contribution >= 0.6 is 11.6 Å². The summed E-state index contributed by atoms with van der Waals surface area (Å²) in [5.41, 5.74) is 4.91. The molecule has 1 saturated carbocycles. The number of phenolic OH excluding ortho intramolecular Hbond substituents is 1. The van der Waals surface area contributed by atoms with Gasteiger partial charge in [-0.1, -0.05) is 138 Å². The summed E-state index contributed by atoms with van der Waals surface area (Å²) < 4.78 is 87.3. The molecule has 7 aromatic rings. The fourth-order valence-corrected chi connectivity index (χ4v) is 86.9. The molecule has 3 N–H and O–H groups in total. The first-order chi connectivity index (χ1) is 54.3. The number of aromatic hydroxyl groups is 1.